The van der Waals surface area contributed by atoms with Crippen molar-refractivity contribution >= 4 is 27.5 Å². The molecule has 1 atom stereocenters. The molecule has 2 aromatic rings. The second-order valence-corrected chi connectivity index (χ2v) is 7.30. The van der Waals surface area contributed by atoms with Crippen LogP contribution in [-0.2, 0) is 14.8 Å². The van der Waals surface area contributed by atoms with Crippen molar-refractivity contribution in [1.29, 1.82) is 0 Å². The number of amides is 2. The number of benzene rings is 1. The number of rotatable bonds is 4. The lowest BCUT2D eigenvalue weighted by molar-refractivity contribution is -0.123. The Bertz CT molecular complexity index is 990. The summed E-state index contributed by atoms with van der Waals surface area (Å²) in [6, 6.07) is 3.98. The predicted molar refractivity (Wildman–Crippen MR) is 91.2 cm³/mol. The Morgan fingerprint density at radius 2 is 2.15 bits per heavy atom. The van der Waals surface area contributed by atoms with E-state index in [-0.39, 0.29) is 22.1 Å². The van der Waals surface area contributed by atoms with Crippen molar-refractivity contribution in [3.05, 3.63) is 42.0 Å². The minimum Gasteiger partial charge on any atom is -0.478 e. The van der Waals surface area contributed by atoms with Crippen molar-refractivity contribution in [3.63, 3.8) is 0 Å². The fourth-order valence-electron chi connectivity index (χ4n) is 2.42. The second-order valence-electron chi connectivity index (χ2n) is 5.62. The SMILES string of the molecule is CC[C@@H]1Oc2ccc(S(=O)(=O)NC(=O)c3cncnc3C)cc2NC1=O. The van der Waals surface area contributed by atoms with Gasteiger partial charge in [-0.05, 0) is 31.5 Å². The minimum absolute atomic E-state index is 0.0523. The Balaban J connectivity index is 1.87. The van der Waals surface area contributed by atoms with Crippen molar-refractivity contribution in [3.8, 4) is 5.75 Å². The molecule has 0 unspecified atom stereocenters. The van der Waals surface area contributed by atoms with Crippen LogP contribution in [-0.4, -0.2) is 36.3 Å². The van der Waals surface area contributed by atoms with Gasteiger partial charge in [-0.3, -0.25) is 9.59 Å². The molecule has 1 aromatic heterocycles. The van der Waals surface area contributed by atoms with E-state index in [0.717, 1.165) is 0 Å². The highest BCUT2D eigenvalue weighted by Gasteiger charge is 2.28. The van der Waals surface area contributed by atoms with Gasteiger partial charge in [-0.25, -0.2) is 23.1 Å². The Hall–Kier alpha value is -3.01. The molecular formula is C16H16N4O5S. The van der Waals surface area contributed by atoms with Crippen LogP contribution in [0, 0.1) is 6.92 Å². The van der Waals surface area contributed by atoms with E-state index in [0.29, 0.717) is 17.9 Å². The van der Waals surface area contributed by atoms with E-state index in [1.807, 2.05) is 4.72 Å². The summed E-state index contributed by atoms with van der Waals surface area (Å²) in [5.41, 5.74) is 0.634. The number of fused-ring (bicyclic) bond motifs is 1. The maximum absolute atomic E-state index is 12.5. The zero-order valence-corrected chi connectivity index (χ0v) is 14.8. The first-order chi connectivity index (χ1) is 12.3. The lowest BCUT2D eigenvalue weighted by Gasteiger charge is -2.25. The maximum atomic E-state index is 12.5. The molecule has 2 amide bonds. The van der Waals surface area contributed by atoms with Crippen LogP contribution in [0.4, 0.5) is 5.69 Å². The van der Waals surface area contributed by atoms with E-state index in [4.69, 9.17) is 4.74 Å². The molecule has 9 nitrogen and oxygen atoms in total. The lowest BCUT2D eigenvalue weighted by atomic mass is 10.2. The molecule has 136 valence electrons. The number of anilines is 1. The third-order valence-electron chi connectivity index (χ3n) is 3.83. The number of ether oxygens (including phenoxy) is 1. The van der Waals surface area contributed by atoms with Gasteiger partial charge in [0.1, 0.15) is 12.1 Å². The fourth-order valence-corrected chi connectivity index (χ4v) is 3.41. The van der Waals surface area contributed by atoms with Crippen molar-refractivity contribution in [2.45, 2.75) is 31.3 Å². The summed E-state index contributed by atoms with van der Waals surface area (Å²) >= 11 is 0. The Morgan fingerprint density at radius 1 is 1.38 bits per heavy atom. The number of carbonyl (C=O) groups excluding carboxylic acids is 2. The summed E-state index contributed by atoms with van der Waals surface area (Å²) < 4.78 is 32.5. The number of hydrogen-bond acceptors (Lipinski definition) is 7. The first-order valence-electron chi connectivity index (χ1n) is 7.77. The first kappa shape index (κ1) is 17.8. The van der Waals surface area contributed by atoms with Gasteiger partial charge in [-0.2, -0.15) is 0 Å². The van der Waals surface area contributed by atoms with E-state index in [9.17, 15) is 18.0 Å². The third kappa shape index (κ3) is 3.36. The van der Waals surface area contributed by atoms with Gasteiger partial charge >= 0.3 is 0 Å². The number of aromatic nitrogens is 2. The van der Waals surface area contributed by atoms with Gasteiger partial charge in [-0.1, -0.05) is 6.92 Å². The highest BCUT2D eigenvalue weighted by atomic mass is 32.2. The predicted octanol–water partition coefficient (Wildman–Crippen LogP) is 1.01. The van der Waals surface area contributed by atoms with Crippen LogP contribution in [0.25, 0.3) is 0 Å². The zero-order valence-electron chi connectivity index (χ0n) is 14.0. The summed E-state index contributed by atoms with van der Waals surface area (Å²) in [6.07, 6.45) is 2.36. The Labute approximate surface area is 149 Å². The Kier molecular flexibility index (Phi) is 4.60. The van der Waals surface area contributed by atoms with Crippen LogP contribution in [0.5, 0.6) is 5.75 Å². The van der Waals surface area contributed by atoms with Gasteiger partial charge in [0.25, 0.3) is 21.8 Å². The quantitative estimate of drug-likeness (QED) is 0.815. The fraction of sp³-hybridized carbons (Fsp3) is 0.250. The lowest BCUT2D eigenvalue weighted by Crippen LogP contribution is -2.36. The molecule has 26 heavy (non-hydrogen) atoms. The molecule has 1 aliphatic heterocycles. The molecule has 1 aromatic carbocycles. The summed E-state index contributed by atoms with van der Waals surface area (Å²) in [6.45, 7) is 3.37. The van der Waals surface area contributed by atoms with Crippen molar-refractivity contribution < 1.29 is 22.7 Å². The zero-order chi connectivity index (χ0) is 18.9. The van der Waals surface area contributed by atoms with Gasteiger partial charge in [-0.15, -0.1) is 0 Å². The summed E-state index contributed by atoms with van der Waals surface area (Å²) in [5, 5.41) is 2.61. The van der Waals surface area contributed by atoms with E-state index in [1.165, 1.54) is 30.7 Å². The van der Waals surface area contributed by atoms with Crippen LogP contribution in [0.3, 0.4) is 0 Å². The average molecular weight is 376 g/mol. The number of hydrogen-bond donors (Lipinski definition) is 2. The summed E-state index contributed by atoms with van der Waals surface area (Å²) in [7, 11) is -4.16. The van der Waals surface area contributed by atoms with Crippen LogP contribution in [0.2, 0.25) is 0 Å². The molecule has 3 rings (SSSR count). The smallest absolute Gasteiger partial charge is 0.268 e. The molecular weight excluding hydrogens is 360 g/mol. The minimum atomic E-state index is -4.16. The van der Waals surface area contributed by atoms with Gasteiger partial charge in [0.05, 0.1) is 21.8 Å². The molecule has 0 aliphatic carbocycles. The average Bonchev–Trinajstić information content (AvgIpc) is 2.60. The van der Waals surface area contributed by atoms with Crippen LogP contribution in [0.15, 0.2) is 35.6 Å². The van der Waals surface area contributed by atoms with Crippen LogP contribution in [0.1, 0.15) is 29.4 Å². The summed E-state index contributed by atoms with van der Waals surface area (Å²) in [4.78, 5) is 31.5. The highest BCUT2D eigenvalue weighted by molar-refractivity contribution is 7.90. The van der Waals surface area contributed by atoms with Gasteiger partial charge < -0.3 is 10.1 Å². The normalized spacial score (nSPS) is 16.2. The van der Waals surface area contributed by atoms with Crippen molar-refractivity contribution in [1.82, 2.24) is 14.7 Å². The molecule has 2 N–H and O–H groups in total. The molecule has 2 heterocycles. The van der Waals surface area contributed by atoms with E-state index in [2.05, 4.69) is 15.3 Å². The van der Waals surface area contributed by atoms with Crippen molar-refractivity contribution in [2.24, 2.45) is 0 Å². The van der Waals surface area contributed by atoms with E-state index >= 15 is 0 Å². The first-order valence-corrected chi connectivity index (χ1v) is 9.25. The van der Waals surface area contributed by atoms with Gasteiger partial charge in [0.2, 0.25) is 0 Å². The second kappa shape index (κ2) is 6.71. The molecule has 1 aliphatic rings. The Morgan fingerprint density at radius 3 is 2.85 bits per heavy atom. The topological polar surface area (TPSA) is 127 Å². The maximum Gasteiger partial charge on any atom is 0.268 e. The van der Waals surface area contributed by atoms with Crippen molar-refractivity contribution in [2.75, 3.05) is 5.32 Å². The number of nitrogens with zero attached hydrogens (tertiary/aromatic N) is 2. The van der Waals surface area contributed by atoms with Crippen LogP contribution >= 0.6 is 0 Å². The molecule has 0 fully saturated rings. The molecule has 0 radical (unpaired) electrons. The molecule has 0 bridgehead atoms. The highest BCUT2D eigenvalue weighted by Crippen LogP contribution is 2.32. The van der Waals surface area contributed by atoms with E-state index in [1.54, 1.807) is 13.8 Å². The number of aryl methyl sites for hydroxylation is 1. The largest absolute Gasteiger partial charge is 0.478 e. The van der Waals surface area contributed by atoms with Crippen LogP contribution < -0.4 is 14.8 Å². The molecule has 0 spiro atoms. The number of carbonyl (C=O) groups is 2. The molecule has 0 saturated carbocycles. The van der Waals surface area contributed by atoms with E-state index < -0.39 is 22.0 Å². The third-order valence-corrected chi connectivity index (χ3v) is 5.16. The van der Waals surface area contributed by atoms with Gasteiger partial charge in [0, 0.05) is 6.20 Å². The standard InChI is InChI=1S/C16H16N4O5S/c1-3-13-16(22)19-12-6-10(4-5-14(12)25-13)26(23,24)20-15(21)11-7-17-8-18-9(11)2/h4-8,13H,3H2,1-2H3,(H,19,22)(H,20,21)/t13-/m0/s1. The molecule has 10 heteroatoms. The number of nitrogens with one attached hydrogen (secondary N) is 2. The monoisotopic (exact) mass is 376 g/mol. The number of sulfonamides is 1. The van der Waals surface area contributed by atoms with Gasteiger partial charge in [0.15, 0.2) is 6.10 Å². The summed E-state index contributed by atoms with van der Waals surface area (Å²) in [5.74, 6) is -0.822. The molecule has 0 saturated heterocycles.